The number of hydrogen-bond acceptors (Lipinski definition) is 8. The number of fused-ring (bicyclic) bond motifs is 1. The minimum atomic E-state index is -3.98. The fourth-order valence-electron chi connectivity index (χ4n) is 2.96. The first kappa shape index (κ1) is 20.3. The second-order valence-electron chi connectivity index (χ2n) is 6.45. The fourth-order valence-corrected chi connectivity index (χ4v) is 3.69. The number of amides is 1. The van der Waals surface area contributed by atoms with Crippen LogP contribution in [0.15, 0.2) is 53.6 Å². The van der Waals surface area contributed by atoms with Gasteiger partial charge in [0.1, 0.15) is 5.82 Å². The summed E-state index contributed by atoms with van der Waals surface area (Å²) in [4.78, 5) is 15.9. The lowest BCUT2D eigenvalue weighted by Gasteiger charge is -2.10. The third kappa shape index (κ3) is 4.04. The molecule has 0 unspecified atom stereocenters. The number of primary sulfonamides is 1. The van der Waals surface area contributed by atoms with Gasteiger partial charge >= 0.3 is 0 Å². The van der Waals surface area contributed by atoms with E-state index in [0.29, 0.717) is 11.1 Å². The maximum atomic E-state index is 13.4. The highest BCUT2D eigenvalue weighted by Crippen LogP contribution is 2.23. The minimum Gasteiger partial charge on any atom is -0.364 e. The normalized spacial score (nSPS) is 11.5. The zero-order chi connectivity index (χ0) is 22.2. The maximum absolute atomic E-state index is 13.4. The quantitative estimate of drug-likeness (QED) is 0.391. The molecule has 4 rings (SSSR count). The van der Waals surface area contributed by atoms with Gasteiger partial charge in [0.25, 0.3) is 11.9 Å². The van der Waals surface area contributed by atoms with Gasteiger partial charge in [0.05, 0.1) is 16.6 Å². The van der Waals surface area contributed by atoms with Gasteiger partial charge in [-0.1, -0.05) is 18.2 Å². The summed E-state index contributed by atoms with van der Waals surface area (Å²) >= 11 is 0. The molecule has 0 aliphatic carbocycles. The molecule has 0 atom stereocenters. The van der Waals surface area contributed by atoms with Crippen LogP contribution in [0.2, 0.25) is 0 Å². The number of nitrogens with two attached hydrogens (primary N) is 2. The van der Waals surface area contributed by atoms with Gasteiger partial charge in [0, 0.05) is 11.9 Å². The summed E-state index contributed by atoms with van der Waals surface area (Å²) in [5.41, 5.74) is 6.08. The lowest BCUT2D eigenvalue weighted by Crippen LogP contribution is -2.20. The van der Waals surface area contributed by atoms with E-state index in [0.717, 1.165) is 0 Å². The average molecular weight is 442 g/mol. The van der Waals surface area contributed by atoms with Gasteiger partial charge in [0.15, 0.2) is 11.5 Å². The van der Waals surface area contributed by atoms with Crippen molar-refractivity contribution >= 4 is 32.7 Å². The number of rotatable bonds is 6. The smallest absolute Gasteiger partial charge is 0.273 e. The van der Waals surface area contributed by atoms with E-state index >= 15 is 0 Å². The van der Waals surface area contributed by atoms with E-state index in [1.807, 2.05) is 0 Å². The Balaban J connectivity index is 1.76. The fraction of sp³-hybridized carbons (Fsp3) is 0.0556. The monoisotopic (exact) mass is 442 g/mol. The van der Waals surface area contributed by atoms with Crippen LogP contribution in [0.4, 0.5) is 10.2 Å². The molecule has 5 N–H and O–H groups in total. The van der Waals surface area contributed by atoms with Crippen LogP contribution in [0.25, 0.3) is 16.9 Å². The molecule has 0 aliphatic heterocycles. The Morgan fingerprint density at radius 2 is 1.94 bits per heavy atom. The summed E-state index contributed by atoms with van der Waals surface area (Å²) in [6, 6.07) is 10.3. The maximum Gasteiger partial charge on any atom is 0.273 e. The molecule has 0 saturated heterocycles. The molecule has 11 nitrogen and oxygen atoms in total. The lowest BCUT2D eigenvalue weighted by molar-refractivity contribution is 0.0995. The summed E-state index contributed by atoms with van der Waals surface area (Å²) < 4.78 is 38.3. The van der Waals surface area contributed by atoms with E-state index in [2.05, 4.69) is 25.6 Å². The van der Waals surface area contributed by atoms with E-state index in [1.54, 1.807) is 18.2 Å². The Labute approximate surface area is 175 Å². The molecule has 2 aromatic heterocycles. The number of carbonyl (C=O) groups is 1. The summed E-state index contributed by atoms with van der Waals surface area (Å²) in [5.74, 6) is -1.32. The van der Waals surface area contributed by atoms with E-state index in [1.165, 1.54) is 35.1 Å². The molecule has 0 bridgehead atoms. The van der Waals surface area contributed by atoms with Gasteiger partial charge in [-0.15, -0.1) is 10.2 Å². The van der Waals surface area contributed by atoms with Crippen LogP contribution in [0.5, 0.6) is 0 Å². The number of sulfonamides is 1. The molecule has 0 aliphatic rings. The van der Waals surface area contributed by atoms with Crippen LogP contribution in [0, 0.1) is 5.82 Å². The predicted octanol–water partition coefficient (Wildman–Crippen LogP) is 0.708. The van der Waals surface area contributed by atoms with Crippen LogP contribution < -0.4 is 16.2 Å². The van der Waals surface area contributed by atoms with E-state index in [9.17, 15) is 17.6 Å². The Kier molecular flexibility index (Phi) is 5.04. The molecule has 0 radical (unpaired) electrons. The second-order valence-corrected chi connectivity index (χ2v) is 7.98. The number of carbonyl (C=O) groups excluding carboxylic acids is 1. The molecule has 0 saturated carbocycles. The van der Waals surface area contributed by atoms with Crippen molar-refractivity contribution in [3.63, 3.8) is 0 Å². The van der Waals surface area contributed by atoms with E-state index < -0.39 is 21.7 Å². The first-order chi connectivity index (χ1) is 14.7. The van der Waals surface area contributed by atoms with E-state index in [-0.39, 0.29) is 34.3 Å². The van der Waals surface area contributed by atoms with Gasteiger partial charge in [0.2, 0.25) is 10.0 Å². The highest BCUT2D eigenvalue weighted by atomic mass is 32.2. The van der Waals surface area contributed by atoms with Crippen molar-refractivity contribution in [3.05, 3.63) is 65.7 Å². The van der Waals surface area contributed by atoms with Gasteiger partial charge in [-0.3, -0.25) is 4.79 Å². The van der Waals surface area contributed by atoms with Gasteiger partial charge in [-0.2, -0.15) is 14.8 Å². The van der Waals surface area contributed by atoms with Crippen LogP contribution in [-0.2, 0) is 16.6 Å². The molecule has 4 aromatic rings. The predicted molar refractivity (Wildman–Crippen MR) is 108 cm³/mol. The van der Waals surface area contributed by atoms with Crippen LogP contribution in [-0.4, -0.2) is 39.3 Å². The van der Waals surface area contributed by atoms with Crippen molar-refractivity contribution in [2.45, 2.75) is 11.4 Å². The van der Waals surface area contributed by atoms with Gasteiger partial charge in [-0.25, -0.2) is 17.9 Å². The largest absolute Gasteiger partial charge is 0.364 e. The second kappa shape index (κ2) is 7.70. The summed E-state index contributed by atoms with van der Waals surface area (Å²) in [6.07, 6.45) is 1.31. The SMILES string of the molecule is NC(=O)c1nnc(-n2ncc3c(S(N)(=O)=O)cccc32)nc1NCc1cccc(F)c1. The number of benzene rings is 2. The number of aromatic nitrogens is 5. The standard InChI is InChI=1S/C18H15FN8O3S/c19-11-4-1-3-10(7-11)8-22-17-15(16(20)28)25-26-18(24-17)27-13-5-2-6-14(31(21,29)30)12(13)9-23-27/h1-7,9H,8H2,(H2,20,28)(H2,21,29,30)(H,22,24,26). The highest BCUT2D eigenvalue weighted by Gasteiger charge is 2.19. The average Bonchev–Trinajstić information content (AvgIpc) is 3.15. The van der Waals surface area contributed by atoms with Crippen LogP contribution >= 0.6 is 0 Å². The first-order valence-electron chi connectivity index (χ1n) is 8.77. The van der Waals surface area contributed by atoms with Crippen molar-refractivity contribution in [1.82, 2.24) is 25.0 Å². The zero-order valence-electron chi connectivity index (χ0n) is 15.7. The molecular formula is C18H15FN8O3S. The Morgan fingerprint density at radius 1 is 1.16 bits per heavy atom. The van der Waals surface area contributed by atoms with Crippen molar-refractivity contribution in [2.24, 2.45) is 10.9 Å². The number of nitrogens with zero attached hydrogens (tertiary/aromatic N) is 5. The van der Waals surface area contributed by atoms with Crippen LogP contribution in [0.1, 0.15) is 16.1 Å². The first-order valence-corrected chi connectivity index (χ1v) is 10.3. The molecule has 2 heterocycles. The van der Waals surface area contributed by atoms with E-state index in [4.69, 9.17) is 10.9 Å². The minimum absolute atomic E-state index is 0.00742. The molecule has 13 heteroatoms. The number of nitrogens with one attached hydrogen (secondary N) is 1. The van der Waals surface area contributed by atoms with Crippen molar-refractivity contribution in [2.75, 3.05) is 5.32 Å². The van der Waals surface area contributed by atoms with Gasteiger partial charge in [-0.05, 0) is 29.8 Å². The third-order valence-corrected chi connectivity index (χ3v) is 5.30. The molecule has 31 heavy (non-hydrogen) atoms. The molecule has 1 amide bonds. The topological polar surface area (TPSA) is 172 Å². The Hall–Kier alpha value is -3.97. The Bertz CT molecular complexity index is 1420. The summed E-state index contributed by atoms with van der Waals surface area (Å²) in [5, 5.41) is 20.2. The molecule has 0 spiro atoms. The summed E-state index contributed by atoms with van der Waals surface area (Å²) in [7, 11) is -3.98. The number of halogens is 1. The van der Waals surface area contributed by atoms with Crippen molar-refractivity contribution < 1.29 is 17.6 Å². The summed E-state index contributed by atoms with van der Waals surface area (Å²) in [6.45, 7) is 0.131. The van der Waals surface area contributed by atoms with Crippen LogP contribution in [0.3, 0.4) is 0 Å². The number of primary amides is 1. The van der Waals surface area contributed by atoms with Crippen molar-refractivity contribution in [3.8, 4) is 5.95 Å². The van der Waals surface area contributed by atoms with Crippen molar-refractivity contribution in [1.29, 1.82) is 0 Å². The zero-order valence-corrected chi connectivity index (χ0v) is 16.5. The lowest BCUT2D eigenvalue weighted by atomic mass is 10.2. The Morgan fingerprint density at radius 3 is 2.65 bits per heavy atom. The molecular weight excluding hydrogens is 427 g/mol. The molecule has 0 fully saturated rings. The molecule has 158 valence electrons. The molecule has 2 aromatic carbocycles. The number of hydrogen-bond donors (Lipinski definition) is 3. The van der Waals surface area contributed by atoms with Gasteiger partial charge < -0.3 is 11.1 Å². The third-order valence-electron chi connectivity index (χ3n) is 4.33. The highest BCUT2D eigenvalue weighted by molar-refractivity contribution is 7.89. The number of anilines is 1.